The Morgan fingerprint density at radius 2 is 1.86 bits per heavy atom. The van der Waals surface area contributed by atoms with Crippen LogP contribution in [0, 0.1) is 0 Å². The van der Waals surface area contributed by atoms with E-state index < -0.39 is 5.97 Å². The average Bonchev–Trinajstić information content (AvgIpc) is 2.85. The Bertz CT molecular complexity index is 810. The van der Waals surface area contributed by atoms with Crippen LogP contribution < -0.4 is 4.74 Å². The highest BCUT2D eigenvalue weighted by atomic mass is 79.9. The van der Waals surface area contributed by atoms with Crippen molar-refractivity contribution >= 4 is 43.3 Å². The first-order valence-electron chi connectivity index (χ1n) is 6.28. The molecule has 0 aliphatic heterocycles. The average molecular weight is 363 g/mol. The maximum atomic E-state index is 11.4. The summed E-state index contributed by atoms with van der Waals surface area (Å²) in [7, 11) is 0. The lowest BCUT2D eigenvalue weighted by molar-refractivity contribution is 0.0699. The van der Waals surface area contributed by atoms with Gasteiger partial charge in [-0.3, -0.25) is 0 Å². The molecule has 2 aromatic carbocycles. The molecular formula is C16H11BrO3S. The number of benzene rings is 2. The van der Waals surface area contributed by atoms with Crippen LogP contribution in [0.25, 0.3) is 10.1 Å². The van der Waals surface area contributed by atoms with Gasteiger partial charge in [-0.1, -0.05) is 30.3 Å². The van der Waals surface area contributed by atoms with E-state index in [0.717, 1.165) is 20.1 Å². The van der Waals surface area contributed by atoms with E-state index in [2.05, 4.69) is 15.9 Å². The molecule has 0 amide bonds. The van der Waals surface area contributed by atoms with Crippen molar-refractivity contribution in [3.05, 3.63) is 63.4 Å². The zero-order valence-electron chi connectivity index (χ0n) is 10.9. The number of para-hydroxylation sites is 1. The van der Waals surface area contributed by atoms with Gasteiger partial charge in [0.15, 0.2) is 0 Å². The van der Waals surface area contributed by atoms with E-state index in [1.165, 1.54) is 11.3 Å². The van der Waals surface area contributed by atoms with Crippen molar-refractivity contribution in [3.8, 4) is 5.75 Å². The number of thiophene rings is 1. The third-order valence-corrected chi connectivity index (χ3v) is 4.96. The summed E-state index contributed by atoms with van der Waals surface area (Å²) in [6.07, 6.45) is 0. The van der Waals surface area contributed by atoms with Crippen molar-refractivity contribution in [1.29, 1.82) is 0 Å². The SMILES string of the molecule is O=C(O)c1sc2ccccc2c1COc1ccccc1Br. The Labute approximate surface area is 133 Å². The Balaban J connectivity index is 1.98. The van der Waals surface area contributed by atoms with Crippen LogP contribution in [0.15, 0.2) is 53.0 Å². The summed E-state index contributed by atoms with van der Waals surface area (Å²) in [5.74, 6) is -0.217. The van der Waals surface area contributed by atoms with Gasteiger partial charge in [-0.25, -0.2) is 4.79 Å². The number of aromatic carboxylic acids is 1. The number of carboxylic acid groups (broad SMARTS) is 1. The van der Waals surface area contributed by atoms with Crippen molar-refractivity contribution in [2.75, 3.05) is 0 Å². The molecule has 1 N–H and O–H groups in total. The smallest absolute Gasteiger partial charge is 0.346 e. The van der Waals surface area contributed by atoms with E-state index >= 15 is 0 Å². The van der Waals surface area contributed by atoms with Gasteiger partial charge in [0.2, 0.25) is 0 Å². The van der Waals surface area contributed by atoms with Gasteiger partial charge in [0.05, 0.1) is 4.47 Å². The summed E-state index contributed by atoms with van der Waals surface area (Å²) in [6.45, 7) is 0.230. The molecule has 3 nitrogen and oxygen atoms in total. The van der Waals surface area contributed by atoms with Crippen LogP contribution in [0.1, 0.15) is 15.2 Å². The molecule has 3 aromatic rings. The molecule has 21 heavy (non-hydrogen) atoms. The minimum Gasteiger partial charge on any atom is -0.488 e. The van der Waals surface area contributed by atoms with Gasteiger partial charge >= 0.3 is 5.97 Å². The minimum absolute atomic E-state index is 0.230. The third-order valence-electron chi connectivity index (χ3n) is 3.10. The van der Waals surface area contributed by atoms with E-state index in [4.69, 9.17) is 4.74 Å². The number of rotatable bonds is 4. The Morgan fingerprint density at radius 3 is 2.62 bits per heavy atom. The van der Waals surface area contributed by atoms with Crippen LogP contribution >= 0.6 is 27.3 Å². The largest absolute Gasteiger partial charge is 0.488 e. The lowest BCUT2D eigenvalue weighted by Gasteiger charge is -2.08. The van der Waals surface area contributed by atoms with Crippen molar-refractivity contribution in [1.82, 2.24) is 0 Å². The minimum atomic E-state index is -0.915. The fourth-order valence-corrected chi connectivity index (χ4v) is 3.57. The summed E-state index contributed by atoms with van der Waals surface area (Å²) in [4.78, 5) is 11.8. The molecule has 106 valence electrons. The van der Waals surface area contributed by atoms with Crippen molar-refractivity contribution in [2.24, 2.45) is 0 Å². The number of ether oxygens (including phenoxy) is 1. The molecule has 1 heterocycles. The molecule has 0 atom stereocenters. The van der Waals surface area contributed by atoms with Crippen LogP contribution in [-0.4, -0.2) is 11.1 Å². The molecule has 0 aliphatic carbocycles. The summed E-state index contributed by atoms with van der Waals surface area (Å²) in [6, 6.07) is 15.2. The number of carboxylic acids is 1. The third kappa shape index (κ3) is 2.80. The summed E-state index contributed by atoms with van der Waals surface area (Å²) < 4.78 is 7.58. The van der Waals surface area contributed by atoms with Crippen molar-refractivity contribution < 1.29 is 14.6 Å². The lowest BCUT2D eigenvalue weighted by Crippen LogP contribution is -2.02. The second-order valence-electron chi connectivity index (χ2n) is 4.43. The Kier molecular flexibility index (Phi) is 3.94. The molecular weight excluding hydrogens is 352 g/mol. The fraction of sp³-hybridized carbons (Fsp3) is 0.0625. The van der Waals surface area contributed by atoms with Gasteiger partial charge in [-0.2, -0.15) is 0 Å². The zero-order valence-corrected chi connectivity index (χ0v) is 13.3. The number of halogens is 1. The molecule has 0 fully saturated rings. The number of carbonyl (C=O) groups is 1. The van der Waals surface area contributed by atoms with Crippen LogP contribution in [0.3, 0.4) is 0 Å². The second-order valence-corrected chi connectivity index (χ2v) is 6.34. The summed E-state index contributed by atoms with van der Waals surface area (Å²) in [5, 5.41) is 10.3. The maximum Gasteiger partial charge on any atom is 0.346 e. The molecule has 3 rings (SSSR count). The predicted molar refractivity (Wildman–Crippen MR) is 87.3 cm³/mol. The standard InChI is InChI=1S/C16H11BrO3S/c17-12-6-2-3-7-13(12)20-9-11-10-5-1-4-8-14(10)21-15(11)16(18)19/h1-8H,9H2,(H,18,19). The first kappa shape index (κ1) is 14.1. The van der Waals surface area contributed by atoms with E-state index in [9.17, 15) is 9.90 Å². The summed E-state index contributed by atoms with van der Waals surface area (Å²) >= 11 is 4.70. The van der Waals surface area contributed by atoms with Crippen LogP contribution in [0.5, 0.6) is 5.75 Å². The number of fused-ring (bicyclic) bond motifs is 1. The highest BCUT2D eigenvalue weighted by molar-refractivity contribution is 9.10. The van der Waals surface area contributed by atoms with Gasteiger partial charge in [-0.15, -0.1) is 11.3 Å². The van der Waals surface area contributed by atoms with Gasteiger partial charge in [0.1, 0.15) is 17.2 Å². The highest BCUT2D eigenvalue weighted by Gasteiger charge is 2.18. The highest BCUT2D eigenvalue weighted by Crippen LogP contribution is 2.33. The maximum absolute atomic E-state index is 11.4. The zero-order chi connectivity index (χ0) is 14.8. The number of hydrogen-bond acceptors (Lipinski definition) is 3. The van der Waals surface area contributed by atoms with E-state index in [-0.39, 0.29) is 6.61 Å². The second kappa shape index (κ2) is 5.87. The normalized spacial score (nSPS) is 10.7. The quantitative estimate of drug-likeness (QED) is 0.714. The molecule has 5 heteroatoms. The van der Waals surface area contributed by atoms with E-state index in [0.29, 0.717) is 10.6 Å². The molecule has 1 aromatic heterocycles. The van der Waals surface area contributed by atoms with Crippen molar-refractivity contribution in [3.63, 3.8) is 0 Å². The van der Waals surface area contributed by atoms with E-state index in [1.807, 2.05) is 48.5 Å². The van der Waals surface area contributed by atoms with Crippen LogP contribution in [0.4, 0.5) is 0 Å². The Hall–Kier alpha value is -1.85. The lowest BCUT2D eigenvalue weighted by atomic mass is 10.1. The first-order chi connectivity index (χ1) is 10.2. The molecule has 0 unspecified atom stereocenters. The van der Waals surface area contributed by atoms with Crippen molar-refractivity contribution in [2.45, 2.75) is 6.61 Å². The summed E-state index contributed by atoms with van der Waals surface area (Å²) in [5.41, 5.74) is 0.721. The topological polar surface area (TPSA) is 46.5 Å². The molecule has 0 bridgehead atoms. The van der Waals surface area contributed by atoms with Gasteiger partial charge in [-0.05, 0) is 39.5 Å². The molecule has 0 saturated heterocycles. The molecule has 0 radical (unpaired) electrons. The van der Waals surface area contributed by atoms with Crippen LogP contribution in [-0.2, 0) is 6.61 Å². The van der Waals surface area contributed by atoms with Gasteiger partial charge in [0.25, 0.3) is 0 Å². The number of hydrogen-bond donors (Lipinski definition) is 1. The van der Waals surface area contributed by atoms with Gasteiger partial charge in [0, 0.05) is 10.3 Å². The predicted octanol–water partition coefficient (Wildman–Crippen LogP) is 4.94. The first-order valence-corrected chi connectivity index (χ1v) is 7.89. The van der Waals surface area contributed by atoms with Gasteiger partial charge < -0.3 is 9.84 Å². The van der Waals surface area contributed by atoms with E-state index in [1.54, 1.807) is 0 Å². The molecule has 0 aliphatic rings. The Morgan fingerprint density at radius 1 is 1.14 bits per heavy atom. The molecule has 0 saturated carbocycles. The molecule has 0 spiro atoms. The fourth-order valence-electron chi connectivity index (χ4n) is 2.13. The van der Waals surface area contributed by atoms with Crippen LogP contribution in [0.2, 0.25) is 0 Å². The monoisotopic (exact) mass is 362 g/mol.